The largest absolute Gasteiger partial charge is 0.388 e. The lowest BCUT2D eigenvalue weighted by atomic mass is 10.0. The molecule has 0 radical (unpaired) electrons. The Kier molecular flexibility index (Phi) is 3.70. The van der Waals surface area contributed by atoms with Crippen LogP contribution in [-0.2, 0) is 14.8 Å². The van der Waals surface area contributed by atoms with Crippen molar-refractivity contribution >= 4 is 15.7 Å². The second kappa shape index (κ2) is 5.35. The summed E-state index contributed by atoms with van der Waals surface area (Å²) in [4.78, 5) is 0. The highest BCUT2D eigenvalue weighted by molar-refractivity contribution is 7.92. The summed E-state index contributed by atoms with van der Waals surface area (Å²) in [6.45, 7) is 0.975. The van der Waals surface area contributed by atoms with E-state index in [1.54, 1.807) is 18.2 Å². The SMILES string of the molecule is O=S(=O)(CC1CCCO1)N1CCC(O)c2ccccc21. The second-order valence-corrected chi connectivity index (χ2v) is 7.29. The van der Waals surface area contributed by atoms with Crippen LogP contribution in [0.4, 0.5) is 5.69 Å². The van der Waals surface area contributed by atoms with Gasteiger partial charge >= 0.3 is 0 Å². The third-order valence-electron chi connectivity index (χ3n) is 3.93. The molecule has 20 heavy (non-hydrogen) atoms. The van der Waals surface area contributed by atoms with Crippen LogP contribution in [-0.4, -0.2) is 38.5 Å². The third-order valence-corrected chi connectivity index (χ3v) is 5.77. The van der Waals surface area contributed by atoms with Gasteiger partial charge in [-0.2, -0.15) is 0 Å². The van der Waals surface area contributed by atoms with Crippen LogP contribution in [0.3, 0.4) is 0 Å². The fourth-order valence-corrected chi connectivity index (χ4v) is 4.66. The molecule has 1 aromatic rings. The Balaban J connectivity index is 1.88. The van der Waals surface area contributed by atoms with Gasteiger partial charge in [-0.05, 0) is 25.3 Å². The molecule has 2 aliphatic rings. The van der Waals surface area contributed by atoms with Gasteiger partial charge in [-0.3, -0.25) is 4.31 Å². The van der Waals surface area contributed by atoms with Crippen LogP contribution >= 0.6 is 0 Å². The van der Waals surface area contributed by atoms with Crippen LogP contribution in [0, 0.1) is 0 Å². The van der Waals surface area contributed by atoms with E-state index in [-0.39, 0.29) is 11.9 Å². The number of rotatable bonds is 3. The number of sulfonamides is 1. The number of hydrogen-bond donors (Lipinski definition) is 1. The van der Waals surface area contributed by atoms with Crippen molar-refractivity contribution in [1.29, 1.82) is 0 Å². The summed E-state index contributed by atoms with van der Waals surface area (Å²) in [6.07, 6.45) is 1.38. The first-order valence-corrected chi connectivity index (χ1v) is 8.58. The number of para-hydroxylation sites is 1. The Morgan fingerprint density at radius 3 is 2.85 bits per heavy atom. The quantitative estimate of drug-likeness (QED) is 0.916. The molecule has 3 rings (SSSR count). The number of hydrogen-bond acceptors (Lipinski definition) is 4. The maximum absolute atomic E-state index is 12.6. The lowest BCUT2D eigenvalue weighted by Gasteiger charge is -2.33. The fraction of sp³-hybridized carbons (Fsp3) is 0.571. The number of benzene rings is 1. The van der Waals surface area contributed by atoms with Crippen molar-refractivity contribution in [2.75, 3.05) is 23.2 Å². The molecule has 0 aliphatic carbocycles. The van der Waals surface area contributed by atoms with Crippen molar-refractivity contribution in [1.82, 2.24) is 0 Å². The lowest BCUT2D eigenvalue weighted by molar-refractivity contribution is 0.127. The molecule has 5 nitrogen and oxygen atoms in total. The predicted octanol–water partition coefficient (Wildman–Crippen LogP) is 1.44. The standard InChI is InChI=1S/C14H19NO4S/c16-14-7-8-15(13-6-2-1-5-12(13)14)20(17,18)10-11-4-3-9-19-11/h1-2,5-6,11,14,16H,3-4,7-10H2. The van der Waals surface area contributed by atoms with Gasteiger partial charge in [0.2, 0.25) is 10.0 Å². The number of ether oxygens (including phenoxy) is 1. The van der Waals surface area contributed by atoms with Crippen LogP contribution in [0.1, 0.15) is 30.9 Å². The minimum absolute atomic E-state index is 0.0252. The Bertz CT molecular complexity index is 581. The van der Waals surface area contributed by atoms with Crippen molar-refractivity contribution in [3.8, 4) is 0 Å². The highest BCUT2D eigenvalue weighted by Gasteiger charge is 2.33. The molecule has 0 saturated carbocycles. The number of fused-ring (bicyclic) bond motifs is 1. The van der Waals surface area contributed by atoms with Crippen LogP contribution in [0.15, 0.2) is 24.3 Å². The van der Waals surface area contributed by atoms with Crippen LogP contribution in [0.2, 0.25) is 0 Å². The normalized spacial score (nSPS) is 26.6. The Hall–Kier alpha value is -1.11. The first-order valence-electron chi connectivity index (χ1n) is 6.97. The molecule has 1 aromatic carbocycles. The van der Waals surface area contributed by atoms with E-state index in [9.17, 15) is 13.5 Å². The molecule has 2 heterocycles. The number of anilines is 1. The van der Waals surface area contributed by atoms with E-state index in [0.29, 0.717) is 30.8 Å². The maximum atomic E-state index is 12.6. The summed E-state index contributed by atoms with van der Waals surface area (Å²) >= 11 is 0. The fourth-order valence-electron chi connectivity index (χ4n) is 2.90. The maximum Gasteiger partial charge on any atom is 0.237 e. The van der Waals surface area contributed by atoms with Gasteiger partial charge < -0.3 is 9.84 Å². The summed E-state index contributed by atoms with van der Waals surface area (Å²) in [5.74, 6) is 0.0252. The number of nitrogens with zero attached hydrogens (tertiary/aromatic N) is 1. The van der Waals surface area contributed by atoms with Gasteiger partial charge in [0.1, 0.15) is 0 Å². The van der Waals surface area contributed by atoms with Crippen molar-refractivity contribution in [3.05, 3.63) is 29.8 Å². The zero-order valence-corrected chi connectivity index (χ0v) is 12.1. The molecule has 1 saturated heterocycles. The zero-order valence-electron chi connectivity index (χ0n) is 11.2. The molecule has 0 spiro atoms. The Morgan fingerprint density at radius 2 is 2.10 bits per heavy atom. The first kappa shape index (κ1) is 13.9. The summed E-state index contributed by atoms with van der Waals surface area (Å²) in [5, 5.41) is 9.98. The minimum atomic E-state index is -3.41. The van der Waals surface area contributed by atoms with Gasteiger partial charge in [0.05, 0.1) is 23.6 Å². The molecule has 0 bridgehead atoms. The molecule has 2 aliphatic heterocycles. The van der Waals surface area contributed by atoms with E-state index in [4.69, 9.17) is 4.74 Å². The van der Waals surface area contributed by atoms with E-state index >= 15 is 0 Å². The molecular formula is C14H19NO4S. The van der Waals surface area contributed by atoms with Gasteiger partial charge in [0, 0.05) is 18.7 Å². The van der Waals surface area contributed by atoms with Crippen molar-refractivity contribution in [2.45, 2.75) is 31.5 Å². The topological polar surface area (TPSA) is 66.8 Å². The van der Waals surface area contributed by atoms with Gasteiger partial charge in [-0.25, -0.2) is 8.42 Å². The summed E-state index contributed by atoms with van der Waals surface area (Å²) in [5.41, 5.74) is 1.29. The van der Waals surface area contributed by atoms with Gasteiger partial charge in [-0.1, -0.05) is 18.2 Å². The van der Waals surface area contributed by atoms with E-state index in [0.717, 1.165) is 12.8 Å². The second-order valence-electron chi connectivity index (χ2n) is 5.35. The Labute approximate surface area is 119 Å². The highest BCUT2D eigenvalue weighted by atomic mass is 32.2. The van der Waals surface area contributed by atoms with Crippen molar-refractivity contribution in [2.24, 2.45) is 0 Å². The minimum Gasteiger partial charge on any atom is -0.388 e. The van der Waals surface area contributed by atoms with Gasteiger partial charge in [0.15, 0.2) is 0 Å². The molecule has 110 valence electrons. The van der Waals surface area contributed by atoms with E-state index in [1.165, 1.54) is 4.31 Å². The van der Waals surface area contributed by atoms with Gasteiger partial charge in [-0.15, -0.1) is 0 Å². The smallest absolute Gasteiger partial charge is 0.237 e. The molecule has 1 N–H and O–H groups in total. The number of aliphatic hydroxyl groups is 1. The van der Waals surface area contributed by atoms with Crippen LogP contribution in [0.5, 0.6) is 0 Å². The Morgan fingerprint density at radius 1 is 1.30 bits per heavy atom. The van der Waals surface area contributed by atoms with Gasteiger partial charge in [0.25, 0.3) is 0 Å². The monoisotopic (exact) mass is 297 g/mol. The average molecular weight is 297 g/mol. The molecular weight excluding hydrogens is 278 g/mol. The summed E-state index contributed by atoms with van der Waals surface area (Å²) < 4.78 is 32.0. The molecule has 6 heteroatoms. The molecule has 2 unspecified atom stereocenters. The number of aliphatic hydroxyl groups excluding tert-OH is 1. The highest BCUT2D eigenvalue weighted by Crippen LogP contribution is 2.35. The van der Waals surface area contributed by atoms with Crippen molar-refractivity contribution in [3.63, 3.8) is 0 Å². The molecule has 1 fully saturated rings. The summed E-state index contributed by atoms with van der Waals surface area (Å²) in [6, 6.07) is 7.15. The third kappa shape index (κ3) is 2.55. The predicted molar refractivity (Wildman–Crippen MR) is 76.1 cm³/mol. The van der Waals surface area contributed by atoms with Crippen molar-refractivity contribution < 1.29 is 18.3 Å². The van der Waals surface area contributed by atoms with Crippen LogP contribution < -0.4 is 4.31 Å². The summed E-state index contributed by atoms with van der Waals surface area (Å²) in [7, 11) is -3.41. The zero-order chi connectivity index (χ0) is 14.2. The lowest BCUT2D eigenvalue weighted by Crippen LogP contribution is -2.40. The molecule has 2 atom stereocenters. The van der Waals surface area contributed by atoms with E-state index in [2.05, 4.69) is 0 Å². The molecule has 0 amide bonds. The van der Waals surface area contributed by atoms with Crippen LogP contribution in [0.25, 0.3) is 0 Å². The van der Waals surface area contributed by atoms with E-state index < -0.39 is 16.1 Å². The molecule has 0 aromatic heterocycles. The van der Waals surface area contributed by atoms with E-state index in [1.807, 2.05) is 6.07 Å². The average Bonchev–Trinajstić information content (AvgIpc) is 2.91. The first-order chi connectivity index (χ1) is 9.58.